The van der Waals surface area contributed by atoms with E-state index in [4.69, 9.17) is 4.74 Å². The molecule has 2 aromatic rings. The summed E-state index contributed by atoms with van der Waals surface area (Å²) < 4.78 is 21.8. The van der Waals surface area contributed by atoms with Crippen LogP contribution in [0.4, 0.5) is 10.1 Å². The lowest BCUT2D eigenvalue weighted by Gasteiger charge is -2.29. The van der Waals surface area contributed by atoms with Crippen molar-refractivity contribution in [2.75, 3.05) is 37.7 Å². The molecule has 29 heavy (non-hydrogen) atoms. The Hall–Kier alpha value is -2.61. The van der Waals surface area contributed by atoms with Crippen LogP contribution in [0.1, 0.15) is 29.4 Å². The molecule has 0 radical (unpaired) electrons. The van der Waals surface area contributed by atoms with Gasteiger partial charge in [-0.1, -0.05) is 6.07 Å². The summed E-state index contributed by atoms with van der Waals surface area (Å²) in [5.74, 6) is 0.493. The maximum atomic E-state index is 14.6. The number of benzene rings is 1. The molecule has 0 atom stereocenters. The van der Waals surface area contributed by atoms with Crippen molar-refractivity contribution >= 4 is 11.6 Å². The Kier molecular flexibility index (Phi) is 7.09. The van der Waals surface area contributed by atoms with Crippen molar-refractivity contribution in [3.8, 4) is 0 Å². The number of aryl methyl sites for hydroxylation is 2. The third-order valence-corrected chi connectivity index (χ3v) is 5.22. The van der Waals surface area contributed by atoms with Gasteiger partial charge in [0.05, 0.1) is 31.1 Å². The van der Waals surface area contributed by atoms with Crippen LogP contribution in [-0.4, -0.2) is 48.6 Å². The zero-order valence-electron chi connectivity index (χ0n) is 17.8. The molecule has 3 rings (SSSR count). The third-order valence-electron chi connectivity index (χ3n) is 5.22. The molecule has 1 saturated heterocycles. The predicted octanol–water partition coefficient (Wildman–Crippen LogP) is 2.27. The number of ether oxygens (including phenoxy) is 1. The van der Waals surface area contributed by atoms with Gasteiger partial charge in [0, 0.05) is 44.5 Å². The molecule has 8 heteroatoms. The van der Waals surface area contributed by atoms with Gasteiger partial charge in [-0.25, -0.2) is 9.38 Å². The molecule has 2 heterocycles. The molecule has 0 aliphatic carbocycles. The topological polar surface area (TPSA) is 66.7 Å². The van der Waals surface area contributed by atoms with Crippen molar-refractivity contribution in [3.63, 3.8) is 0 Å². The summed E-state index contributed by atoms with van der Waals surface area (Å²) >= 11 is 0. The van der Waals surface area contributed by atoms with Crippen molar-refractivity contribution in [3.05, 3.63) is 46.5 Å². The average Bonchev–Trinajstić information content (AvgIpc) is 2.96. The van der Waals surface area contributed by atoms with Crippen molar-refractivity contribution in [1.29, 1.82) is 0 Å². The first-order valence-electron chi connectivity index (χ1n) is 10.1. The first-order valence-corrected chi connectivity index (χ1v) is 10.1. The van der Waals surface area contributed by atoms with Gasteiger partial charge in [0.1, 0.15) is 5.82 Å². The number of nitrogens with one attached hydrogen (secondary N) is 2. The lowest BCUT2D eigenvalue weighted by molar-refractivity contribution is 0.122. The van der Waals surface area contributed by atoms with E-state index in [1.807, 2.05) is 42.6 Å². The number of aromatic nitrogens is 2. The van der Waals surface area contributed by atoms with Crippen molar-refractivity contribution < 1.29 is 9.13 Å². The van der Waals surface area contributed by atoms with E-state index in [1.54, 1.807) is 6.07 Å². The molecule has 0 amide bonds. The summed E-state index contributed by atoms with van der Waals surface area (Å²) in [7, 11) is 1.94. The van der Waals surface area contributed by atoms with Gasteiger partial charge in [-0.15, -0.1) is 0 Å². The summed E-state index contributed by atoms with van der Waals surface area (Å²) in [5.41, 5.74) is 4.78. The summed E-state index contributed by atoms with van der Waals surface area (Å²) in [6, 6.07) is 5.36. The highest BCUT2D eigenvalue weighted by atomic mass is 19.1. The molecule has 1 aromatic heterocycles. The Labute approximate surface area is 172 Å². The molecular formula is C21H31FN6O. The lowest BCUT2D eigenvalue weighted by atomic mass is 10.1. The molecule has 1 fully saturated rings. The molecule has 0 bridgehead atoms. The van der Waals surface area contributed by atoms with Crippen LogP contribution < -0.4 is 15.5 Å². The maximum Gasteiger partial charge on any atom is 0.191 e. The molecule has 1 aromatic carbocycles. The van der Waals surface area contributed by atoms with E-state index in [0.29, 0.717) is 38.0 Å². The maximum absolute atomic E-state index is 14.6. The normalized spacial score (nSPS) is 14.9. The summed E-state index contributed by atoms with van der Waals surface area (Å²) in [6.45, 7) is 10.6. The summed E-state index contributed by atoms with van der Waals surface area (Å²) in [4.78, 5) is 6.64. The first kappa shape index (κ1) is 21.1. The van der Waals surface area contributed by atoms with Gasteiger partial charge in [-0.3, -0.25) is 4.68 Å². The molecule has 7 nitrogen and oxygen atoms in total. The number of halogens is 1. The molecule has 1 aliphatic rings. The molecular weight excluding hydrogens is 371 g/mol. The lowest BCUT2D eigenvalue weighted by Crippen LogP contribution is -2.37. The van der Waals surface area contributed by atoms with Crippen LogP contribution >= 0.6 is 0 Å². The second kappa shape index (κ2) is 9.73. The smallest absolute Gasteiger partial charge is 0.191 e. The molecule has 1 aliphatic heterocycles. The van der Waals surface area contributed by atoms with Gasteiger partial charge in [-0.05, 0) is 38.5 Å². The summed E-state index contributed by atoms with van der Waals surface area (Å²) in [5, 5.41) is 11.0. The van der Waals surface area contributed by atoms with E-state index in [0.717, 1.165) is 36.6 Å². The van der Waals surface area contributed by atoms with E-state index in [9.17, 15) is 4.39 Å². The quantitative estimate of drug-likeness (QED) is 0.573. The Morgan fingerprint density at radius 2 is 2.00 bits per heavy atom. The molecule has 0 saturated carbocycles. The highest BCUT2D eigenvalue weighted by Crippen LogP contribution is 2.22. The Bertz CT molecular complexity index is 857. The second-order valence-electron chi connectivity index (χ2n) is 7.21. The number of guanidine groups is 1. The van der Waals surface area contributed by atoms with E-state index >= 15 is 0 Å². The number of aliphatic imine (C=N–C) groups is 1. The molecule has 158 valence electrons. The minimum Gasteiger partial charge on any atom is -0.378 e. The van der Waals surface area contributed by atoms with Crippen LogP contribution in [0.3, 0.4) is 0 Å². The Morgan fingerprint density at radius 3 is 2.62 bits per heavy atom. The van der Waals surface area contributed by atoms with Crippen LogP contribution in [0.5, 0.6) is 0 Å². The number of hydrogen-bond donors (Lipinski definition) is 2. The van der Waals surface area contributed by atoms with Gasteiger partial charge >= 0.3 is 0 Å². The van der Waals surface area contributed by atoms with E-state index in [-0.39, 0.29) is 5.82 Å². The predicted molar refractivity (Wildman–Crippen MR) is 114 cm³/mol. The van der Waals surface area contributed by atoms with Gasteiger partial charge in [0.15, 0.2) is 5.96 Å². The fourth-order valence-corrected chi connectivity index (χ4v) is 3.47. The SMILES string of the molecule is CCNC(=NCc1ccc(N2CCOCC2)c(F)c1)NCc1c(C)nn(C)c1C. The Morgan fingerprint density at radius 1 is 1.24 bits per heavy atom. The minimum atomic E-state index is -0.209. The summed E-state index contributed by atoms with van der Waals surface area (Å²) in [6.07, 6.45) is 0. The number of morpholine rings is 1. The number of rotatable bonds is 6. The first-order chi connectivity index (χ1) is 14.0. The molecule has 0 spiro atoms. The average molecular weight is 403 g/mol. The van der Waals surface area contributed by atoms with Crippen LogP contribution in [0.2, 0.25) is 0 Å². The van der Waals surface area contributed by atoms with Gasteiger partial charge in [0.2, 0.25) is 0 Å². The van der Waals surface area contributed by atoms with Crippen LogP contribution in [0.15, 0.2) is 23.2 Å². The zero-order chi connectivity index (χ0) is 20.8. The monoisotopic (exact) mass is 402 g/mol. The van der Waals surface area contributed by atoms with Gasteiger partial charge in [-0.2, -0.15) is 5.10 Å². The number of anilines is 1. The third kappa shape index (κ3) is 5.26. The van der Waals surface area contributed by atoms with E-state index in [2.05, 4.69) is 27.6 Å². The second-order valence-corrected chi connectivity index (χ2v) is 7.21. The number of hydrogen-bond acceptors (Lipinski definition) is 4. The largest absolute Gasteiger partial charge is 0.378 e. The highest BCUT2D eigenvalue weighted by Gasteiger charge is 2.15. The highest BCUT2D eigenvalue weighted by molar-refractivity contribution is 5.79. The van der Waals surface area contributed by atoms with Crippen molar-refractivity contribution in [2.45, 2.75) is 33.9 Å². The fraction of sp³-hybridized carbons (Fsp3) is 0.524. The standard InChI is InChI=1S/C21H31FN6O/c1-5-23-21(25-14-18-15(2)26-27(4)16(18)3)24-13-17-6-7-20(19(22)12-17)28-8-10-29-11-9-28/h6-7,12H,5,8-11,13-14H2,1-4H3,(H2,23,24,25). The Balaban J connectivity index is 1.65. The molecule has 2 N–H and O–H groups in total. The van der Waals surface area contributed by atoms with Crippen LogP contribution in [0.25, 0.3) is 0 Å². The fourth-order valence-electron chi connectivity index (χ4n) is 3.47. The van der Waals surface area contributed by atoms with E-state index in [1.165, 1.54) is 5.56 Å². The van der Waals surface area contributed by atoms with Crippen LogP contribution in [-0.2, 0) is 24.9 Å². The zero-order valence-corrected chi connectivity index (χ0v) is 17.8. The van der Waals surface area contributed by atoms with Gasteiger partial charge < -0.3 is 20.3 Å². The van der Waals surface area contributed by atoms with Crippen LogP contribution in [0, 0.1) is 19.7 Å². The van der Waals surface area contributed by atoms with Crippen molar-refractivity contribution in [1.82, 2.24) is 20.4 Å². The molecule has 0 unspecified atom stereocenters. The minimum absolute atomic E-state index is 0.209. The number of nitrogens with zero attached hydrogens (tertiary/aromatic N) is 4. The van der Waals surface area contributed by atoms with Gasteiger partial charge in [0.25, 0.3) is 0 Å². The van der Waals surface area contributed by atoms with E-state index < -0.39 is 0 Å². The van der Waals surface area contributed by atoms with Crippen molar-refractivity contribution in [2.24, 2.45) is 12.0 Å².